The standard InChI is InChI=1S/C14H15NO5/c1-8-5-6-9(2)12-10(8)7-11(13(16)18-3)15(12)20-14(17)19-4/h5-7H,1-4H3. The zero-order chi connectivity index (χ0) is 14.9. The Morgan fingerprint density at radius 3 is 2.30 bits per heavy atom. The number of fused-ring (bicyclic) bond motifs is 1. The van der Waals surface area contributed by atoms with Crippen molar-refractivity contribution in [3.63, 3.8) is 0 Å². The Labute approximate surface area is 115 Å². The van der Waals surface area contributed by atoms with Gasteiger partial charge in [0.15, 0.2) is 5.69 Å². The Bertz CT molecular complexity index is 686. The third-order valence-corrected chi connectivity index (χ3v) is 3.07. The van der Waals surface area contributed by atoms with Crippen molar-refractivity contribution in [1.29, 1.82) is 0 Å². The number of methoxy groups -OCH3 is 2. The van der Waals surface area contributed by atoms with Gasteiger partial charge in [0, 0.05) is 5.39 Å². The number of nitrogens with zero attached hydrogens (tertiary/aromatic N) is 1. The number of hydrogen-bond donors (Lipinski definition) is 0. The maximum Gasteiger partial charge on any atom is 0.533 e. The Kier molecular flexibility index (Phi) is 3.65. The first-order valence-corrected chi connectivity index (χ1v) is 5.95. The molecule has 0 unspecified atom stereocenters. The fourth-order valence-corrected chi connectivity index (χ4v) is 2.04. The Morgan fingerprint density at radius 2 is 1.70 bits per heavy atom. The van der Waals surface area contributed by atoms with Crippen LogP contribution in [0.5, 0.6) is 0 Å². The molecule has 2 rings (SSSR count). The summed E-state index contributed by atoms with van der Waals surface area (Å²) in [6, 6.07) is 5.45. The average molecular weight is 277 g/mol. The van der Waals surface area contributed by atoms with Crippen LogP contribution in [0.25, 0.3) is 10.9 Å². The van der Waals surface area contributed by atoms with Gasteiger partial charge in [0.2, 0.25) is 0 Å². The molecule has 0 spiro atoms. The molecule has 0 fully saturated rings. The lowest BCUT2D eigenvalue weighted by atomic mass is 10.1. The van der Waals surface area contributed by atoms with Gasteiger partial charge < -0.3 is 14.3 Å². The molecule has 6 nitrogen and oxygen atoms in total. The molecule has 0 aliphatic heterocycles. The number of carbonyl (C=O) groups excluding carboxylic acids is 2. The quantitative estimate of drug-likeness (QED) is 0.787. The fourth-order valence-electron chi connectivity index (χ4n) is 2.04. The molecular weight excluding hydrogens is 262 g/mol. The van der Waals surface area contributed by atoms with Crippen LogP contribution >= 0.6 is 0 Å². The predicted molar refractivity (Wildman–Crippen MR) is 71.7 cm³/mol. The van der Waals surface area contributed by atoms with Crippen LogP contribution in [0.3, 0.4) is 0 Å². The van der Waals surface area contributed by atoms with Crippen molar-refractivity contribution < 1.29 is 23.9 Å². The summed E-state index contributed by atoms with van der Waals surface area (Å²) in [6.45, 7) is 3.77. The number of ether oxygens (including phenoxy) is 2. The van der Waals surface area contributed by atoms with Crippen LogP contribution in [0.2, 0.25) is 0 Å². The highest BCUT2D eigenvalue weighted by molar-refractivity contribution is 5.97. The highest BCUT2D eigenvalue weighted by Crippen LogP contribution is 2.26. The van der Waals surface area contributed by atoms with E-state index in [0.29, 0.717) is 5.52 Å². The Balaban J connectivity index is 2.74. The van der Waals surface area contributed by atoms with E-state index in [-0.39, 0.29) is 5.69 Å². The lowest BCUT2D eigenvalue weighted by molar-refractivity contribution is 0.0485. The van der Waals surface area contributed by atoms with Gasteiger partial charge in [-0.1, -0.05) is 12.1 Å². The van der Waals surface area contributed by atoms with Gasteiger partial charge in [-0.2, -0.15) is 4.73 Å². The monoisotopic (exact) mass is 277 g/mol. The van der Waals surface area contributed by atoms with Crippen LogP contribution in [0.4, 0.5) is 4.79 Å². The lowest BCUT2D eigenvalue weighted by Crippen LogP contribution is -2.23. The molecular formula is C14H15NO5. The van der Waals surface area contributed by atoms with Crippen LogP contribution in [-0.2, 0) is 9.47 Å². The van der Waals surface area contributed by atoms with Gasteiger partial charge in [0.1, 0.15) is 0 Å². The number of esters is 1. The van der Waals surface area contributed by atoms with E-state index in [4.69, 9.17) is 9.57 Å². The maximum atomic E-state index is 11.8. The van der Waals surface area contributed by atoms with E-state index >= 15 is 0 Å². The second kappa shape index (κ2) is 5.24. The van der Waals surface area contributed by atoms with E-state index in [1.165, 1.54) is 14.2 Å². The third-order valence-electron chi connectivity index (χ3n) is 3.07. The number of aromatic nitrogens is 1. The van der Waals surface area contributed by atoms with Gasteiger partial charge >= 0.3 is 12.1 Å². The molecule has 0 saturated heterocycles. The van der Waals surface area contributed by atoms with Crippen LogP contribution in [0, 0.1) is 13.8 Å². The van der Waals surface area contributed by atoms with Crippen LogP contribution in [0.1, 0.15) is 21.6 Å². The zero-order valence-electron chi connectivity index (χ0n) is 11.7. The first kappa shape index (κ1) is 13.9. The van der Waals surface area contributed by atoms with Crippen molar-refractivity contribution in [2.24, 2.45) is 0 Å². The molecule has 20 heavy (non-hydrogen) atoms. The van der Waals surface area contributed by atoms with Gasteiger partial charge in [-0.05, 0) is 31.0 Å². The first-order valence-electron chi connectivity index (χ1n) is 5.95. The smallest absolute Gasteiger partial charge is 0.464 e. The number of aryl methyl sites for hydroxylation is 2. The summed E-state index contributed by atoms with van der Waals surface area (Å²) in [4.78, 5) is 28.2. The second-order valence-electron chi connectivity index (χ2n) is 4.32. The van der Waals surface area contributed by atoms with Crippen LogP contribution < -0.4 is 4.84 Å². The van der Waals surface area contributed by atoms with E-state index in [0.717, 1.165) is 21.2 Å². The fraction of sp³-hybridized carbons (Fsp3) is 0.286. The van der Waals surface area contributed by atoms with E-state index in [2.05, 4.69) is 4.74 Å². The number of hydrogen-bond acceptors (Lipinski definition) is 5. The van der Waals surface area contributed by atoms with Crippen molar-refractivity contribution in [2.75, 3.05) is 14.2 Å². The van der Waals surface area contributed by atoms with Gasteiger partial charge in [-0.15, -0.1) is 0 Å². The topological polar surface area (TPSA) is 66.8 Å². The Hall–Kier alpha value is -2.50. The van der Waals surface area contributed by atoms with Gasteiger partial charge in [0.05, 0.1) is 19.7 Å². The van der Waals surface area contributed by atoms with E-state index in [1.54, 1.807) is 6.07 Å². The summed E-state index contributed by atoms with van der Waals surface area (Å²) in [7, 11) is 2.46. The summed E-state index contributed by atoms with van der Waals surface area (Å²) in [5.74, 6) is -0.594. The maximum absolute atomic E-state index is 11.8. The summed E-state index contributed by atoms with van der Waals surface area (Å²) in [5, 5.41) is 0.814. The van der Waals surface area contributed by atoms with Gasteiger partial charge in [-0.3, -0.25) is 0 Å². The summed E-state index contributed by atoms with van der Waals surface area (Å²) >= 11 is 0. The molecule has 0 aliphatic rings. The summed E-state index contributed by atoms with van der Waals surface area (Å²) in [5.41, 5.74) is 2.59. The molecule has 6 heteroatoms. The van der Waals surface area contributed by atoms with Crippen molar-refractivity contribution in [1.82, 2.24) is 4.73 Å². The molecule has 2 aromatic rings. The van der Waals surface area contributed by atoms with Crippen molar-refractivity contribution in [2.45, 2.75) is 13.8 Å². The molecule has 1 aromatic heterocycles. The van der Waals surface area contributed by atoms with Crippen LogP contribution in [0.15, 0.2) is 18.2 Å². The first-order chi connectivity index (χ1) is 9.49. The van der Waals surface area contributed by atoms with Crippen molar-refractivity contribution in [3.05, 3.63) is 35.0 Å². The summed E-state index contributed by atoms with van der Waals surface area (Å²) in [6.07, 6.45) is -0.909. The molecule has 0 atom stereocenters. The molecule has 0 saturated carbocycles. The van der Waals surface area contributed by atoms with Gasteiger partial charge in [0.25, 0.3) is 0 Å². The molecule has 0 amide bonds. The zero-order valence-corrected chi connectivity index (χ0v) is 11.7. The highest BCUT2D eigenvalue weighted by atomic mass is 16.8. The van der Waals surface area contributed by atoms with Crippen molar-refractivity contribution >= 4 is 23.0 Å². The third kappa shape index (κ3) is 2.20. The summed E-state index contributed by atoms with van der Waals surface area (Å²) < 4.78 is 10.3. The SMILES string of the molecule is COC(=O)On1c(C(=O)OC)cc2c(C)ccc(C)c21. The molecule has 1 aromatic carbocycles. The Morgan fingerprint density at radius 1 is 1.05 bits per heavy atom. The largest absolute Gasteiger partial charge is 0.533 e. The minimum absolute atomic E-state index is 0.130. The lowest BCUT2D eigenvalue weighted by Gasteiger charge is -2.09. The number of carbonyl (C=O) groups is 2. The molecule has 0 bridgehead atoms. The van der Waals surface area contributed by atoms with E-state index in [9.17, 15) is 9.59 Å². The van der Waals surface area contributed by atoms with Crippen molar-refractivity contribution in [3.8, 4) is 0 Å². The average Bonchev–Trinajstić information content (AvgIpc) is 2.82. The van der Waals surface area contributed by atoms with Gasteiger partial charge in [-0.25, -0.2) is 9.59 Å². The molecule has 0 N–H and O–H groups in total. The number of benzene rings is 1. The van der Waals surface area contributed by atoms with E-state index < -0.39 is 12.1 Å². The molecule has 0 aliphatic carbocycles. The predicted octanol–water partition coefficient (Wildman–Crippen LogP) is 2.24. The molecule has 106 valence electrons. The van der Waals surface area contributed by atoms with Crippen LogP contribution in [-0.4, -0.2) is 31.1 Å². The normalized spacial score (nSPS) is 10.4. The second-order valence-corrected chi connectivity index (χ2v) is 4.32. The molecule has 1 heterocycles. The van der Waals surface area contributed by atoms with E-state index in [1.807, 2.05) is 26.0 Å². The minimum atomic E-state index is -0.909. The highest BCUT2D eigenvalue weighted by Gasteiger charge is 2.21. The minimum Gasteiger partial charge on any atom is -0.464 e. The number of rotatable bonds is 2. The molecule has 0 radical (unpaired) electrons.